The summed E-state index contributed by atoms with van der Waals surface area (Å²) >= 11 is 0. The number of fused-ring (bicyclic) bond motifs is 1. The van der Waals surface area contributed by atoms with Crippen LogP contribution in [0.25, 0.3) is 16.7 Å². The first-order valence-electron chi connectivity index (χ1n) is 8.59. The van der Waals surface area contributed by atoms with Crippen molar-refractivity contribution in [3.05, 3.63) is 57.4 Å². The van der Waals surface area contributed by atoms with E-state index in [1.807, 2.05) is 12.1 Å². The second kappa shape index (κ2) is 6.42. The second-order valence-electron chi connectivity index (χ2n) is 6.57. The third-order valence-corrected chi connectivity index (χ3v) is 4.84. The van der Waals surface area contributed by atoms with Crippen molar-refractivity contribution in [2.45, 2.75) is 13.0 Å². The van der Waals surface area contributed by atoms with Gasteiger partial charge >= 0.3 is 5.69 Å². The number of hydrogen-bond donors (Lipinski definition) is 0. The number of amides is 1. The molecular weight excluding hydrogens is 350 g/mol. The first kappa shape index (κ1) is 17.1. The fourth-order valence-electron chi connectivity index (χ4n) is 3.37. The van der Waals surface area contributed by atoms with Gasteiger partial charge < -0.3 is 13.9 Å². The second-order valence-corrected chi connectivity index (χ2v) is 6.57. The first-order chi connectivity index (χ1) is 13.0. The molecule has 0 aliphatic carbocycles. The van der Waals surface area contributed by atoms with Gasteiger partial charge in [-0.05, 0) is 18.6 Å². The Kier molecular flexibility index (Phi) is 4.06. The van der Waals surface area contributed by atoms with E-state index in [9.17, 15) is 14.4 Å². The maximum Gasteiger partial charge on any atom is 0.332 e. The Bertz CT molecular complexity index is 1160. The SMILES string of the molecule is Cn1cnc2c1c(=O)n(CC(=O)N1CCC=C(c3ccco3)C1)c(=O)n2C. The highest BCUT2D eigenvalue weighted by Crippen LogP contribution is 2.21. The van der Waals surface area contributed by atoms with Gasteiger partial charge in [-0.2, -0.15) is 0 Å². The molecule has 3 aromatic rings. The van der Waals surface area contributed by atoms with Crippen LogP contribution in [-0.4, -0.2) is 42.6 Å². The van der Waals surface area contributed by atoms with Gasteiger partial charge in [-0.15, -0.1) is 0 Å². The van der Waals surface area contributed by atoms with Gasteiger partial charge in [-0.3, -0.25) is 14.2 Å². The zero-order chi connectivity index (χ0) is 19.1. The van der Waals surface area contributed by atoms with Crippen LogP contribution in [0.15, 0.2) is 44.8 Å². The molecule has 140 valence electrons. The monoisotopic (exact) mass is 369 g/mol. The van der Waals surface area contributed by atoms with Crippen LogP contribution in [0.5, 0.6) is 0 Å². The smallest absolute Gasteiger partial charge is 0.332 e. The molecule has 1 aliphatic rings. The summed E-state index contributed by atoms with van der Waals surface area (Å²) in [6.45, 7) is 0.611. The molecule has 0 aromatic carbocycles. The van der Waals surface area contributed by atoms with E-state index in [0.717, 1.165) is 15.9 Å². The molecule has 3 aromatic heterocycles. The number of rotatable bonds is 3. The van der Waals surface area contributed by atoms with E-state index < -0.39 is 11.2 Å². The highest BCUT2D eigenvalue weighted by Gasteiger charge is 2.23. The van der Waals surface area contributed by atoms with E-state index in [4.69, 9.17) is 4.42 Å². The van der Waals surface area contributed by atoms with Crippen molar-refractivity contribution < 1.29 is 9.21 Å². The fraction of sp³-hybridized carbons (Fsp3) is 0.333. The number of aryl methyl sites for hydroxylation is 2. The number of carbonyl (C=O) groups excluding carboxylic acids is 1. The van der Waals surface area contributed by atoms with E-state index in [-0.39, 0.29) is 12.5 Å². The lowest BCUT2D eigenvalue weighted by Crippen LogP contribution is -2.45. The molecule has 0 fully saturated rings. The standard InChI is InChI=1S/C18H19N5O4/c1-20-11-19-16-15(20)17(25)23(18(26)21(16)2)10-14(24)22-7-3-5-12(9-22)13-6-4-8-27-13/h4-6,8,11H,3,7,9-10H2,1-2H3. The van der Waals surface area contributed by atoms with Crippen LogP contribution in [-0.2, 0) is 25.4 Å². The van der Waals surface area contributed by atoms with Gasteiger partial charge in [0.25, 0.3) is 5.56 Å². The van der Waals surface area contributed by atoms with Crippen molar-refractivity contribution in [1.82, 2.24) is 23.6 Å². The lowest BCUT2D eigenvalue weighted by molar-refractivity contribution is -0.131. The predicted molar refractivity (Wildman–Crippen MR) is 98.1 cm³/mol. The molecule has 0 N–H and O–H groups in total. The molecule has 4 rings (SSSR count). The largest absolute Gasteiger partial charge is 0.465 e. The molecular formula is C18H19N5O4. The van der Waals surface area contributed by atoms with E-state index in [0.29, 0.717) is 30.7 Å². The molecule has 0 spiro atoms. The quantitative estimate of drug-likeness (QED) is 0.664. The van der Waals surface area contributed by atoms with Gasteiger partial charge in [-0.1, -0.05) is 6.08 Å². The average molecular weight is 369 g/mol. The minimum Gasteiger partial charge on any atom is -0.465 e. The molecule has 0 saturated carbocycles. The van der Waals surface area contributed by atoms with E-state index in [2.05, 4.69) is 4.98 Å². The molecule has 0 atom stereocenters. The lowest BCUT2D eigenvalue weighted by Gasteiger charge is -2.27. The molecule has 0 bridgehead atoms. The zero-order valence-corrected chi connectivity index (χ0v) is 15.1. The molecule has 9 heteroatoms. The van der Waals surface area contributed by atoms with Crippen LogP contribution in [0.3, 0.4) is 0 Å². The van der Waals surface area contributed by atoms with Crippen molar-refractivity contribution in [3.63, 3.8) is 0 Å². The number of hydrogen-bond acceptors (Lipinski definition) is 5. The van der Waals surface area contributed by atoms with Crippen LogP contribution in [0.2, 0.25) is 0 Å². The number of imidazole rings is 1. The summed E-state index contributed by atoms with van der Waals surface area (Å²) in [6, 6.07) is 3.64. The normalized spacial score (nSPS) is 14.6. The summed E-state index contributed by atoms with van der Waals surface area (Å²) in [7, 11) is 3.22. The maximum atomic E-state index is 12.8. The van der Waals surface area contributed by atoms with Crippen LogP contribution >= 0.6 is 0 Å². The maximum absolute atomic E-state index is 12.8. The first-order valence-corrected chi connectivity index (χ1v) is 8.59. The van der Waals surface area contributed by atoms with Crippen LogP contribution < -0.4 is 11.2 Å². The van der Waals surface area contributed by atoms with Crippen LogP contribution in [0.4, 0.5) is 0 Å². The number of carbonyl (C=O) groups is 1. The molecule has 0 radical (unpaired) electrons. The lowest BCUT2D eigenvalue weighted by atomic mass is 10.1. The van der Waals surface area contributed by atoms with Crippen molar-refractivity contribution in [1.29, 1.82) is 0 Å². The highest BCUT2D eigenvalue weighted by molar-refractivity contribution is 5.80. The summed E-state index contributed by atoms with van der Waals surface area (Å²) in [5.74, 6) is 0.435. The average Bonchev–Trinajstić information content (AvgIpc) is 3.33. The van der Waals surface area contributed by atoms with Crippen LogP contribution in [0.1, 0.15) is 12.2 Å². The number of nitrogens with zero attached hydrogens (tertiary/aromatic N) is 5. The minimum absolute atomic E-state index is 0.284. The summed E-state index contributed by atoms with van der Waals surface area (Å²) in [5, 5.41) is 0. The minimum atomic E-state index is -0.557. The molecule has 27 heavy (non-hydrogen) atoms. The Morgan fingerprint density at radius 1 is 1.30 bits per heavy atom. The van der Waals surface area contributed by atoms with E-state index in [1.54, 1.807) is 28.8 Å². The van der Waals surface area contributed by atoms with Crippen LogP contribution in [0, 0.1) is 0 Å². The molecule has 1 aliphatic heterocycles. The van der Waals surface area contributed by atoms with Crippen molar-refractivity contribution in [2.75, 3.05) is 13.1 Å². The topological polar surface area (TPSA) is 95.3 Å². The third kappa shape index (κ3) is 2.80. The zero-order valence-electron chi connectivity index (χ0n) is 15.1. The summed E-state index contributed by atoms with van der Waals surface area (Å²) in [6.07, 6.45) is 5.79. The van der Waals surface area contributed by atoms with Gasteiger partial charge in [0.05, 0.1) is 12.6 Å². The van der Waals surface area contributed by atoms with E-state index in [1.165, 1.54) is 17.9 Å². The molecule has 9 nitrogen and oxygen atoms in total. The van der Waals surface area contributed by atoms with Gasteiger partial charge in [-0.25, -0.2) is 14.3 Å². The Labute approximate surface area is 153 Å². The van der Waals surface area contributed by atoms with Crippen molar-refractivity contribution in [3.8, 4) is 0 Å². The molecule has 4 heterocycles. The summed E-state index contributed by atoms with van der Waals surface area (Å²) < 4.78 is 9.21. The molecule has 0 unspecified atom stereocenters. The fourth-order valence-corrected chi connectivity index (χ4v) is 3.37. The highest BCUT2D eigenvalue weighted by atomic mass is 16.3. The predicted octanol–water partition coefficient (Wildman–Crippen LogP) is 0.343. The summed E-state index contributed by atoms with van der Waals surface area (Å²) in [4.78, 5) is 43.8. The molecule has 0 saturated heterocycles. The Hall–Kier alpha value is -3.36. The summed E-state index contributed by atoms with van der Waals surface area (Å²) in [5.41, 5.74) is 0.442. The van der Waals surface area contributed by atoms with Gasteiger partial charge in [0.2, 0.25) is 5.91 Å². The molecule has 1 amide bonds. The Morgan fingerprint density at radius 2 is 2.11 bits per heavy atom. The Morgan fingerprint density at radius 3 is 2.85 bits per heavy atom. The van der Waals surface area contributed by atoms with Crippen molar-refractivity contribution >= 4 is 22.6 Å². The Balaban J connectivity index is 1.64. The third-order valence-electron chi connectivity index (χ3n) is 4.84. The van der Waals surface area contributed by atoms with E-state index >= 15 is 0 Å². The van der Waals surface area contributed by atoms with Gasteiger partial charge in [0.15, 0.2) is 11.2 Å². The number of furan rings is 1. The van der Waals surface area contributed by atoms with Crippen molar-refractivity contribution in [2.24, 2.45) is 14.1 Å². The number of aromatic nitrogens is 4. The van der Waals surface area contributed by atoms with Gasteiger partial charge in [0, 0.05) is 32.8 Å². The van der Waals surface area contributed by atoms with Gasteiger partial charge in [0.1, 0.15) is 12.3 Å².